The first-order valence-corrected chi connectivity index (χ1v) is 7.50. The molecule has 0 fully saturated rings. The summed E-state index contributed by atoms with van der Waals surface area (Å²) in [7, 11) is -5.41. The highest BCUT2D eigenvalue weighted by Crippen LogP contribution is 2.34. The van der Waals surface area contributed by atoms with Crippen LogP contribution in [-0.2, 0) is 9.84 Å². The van der Waals surface area contributed by atoms with Gasteiger partial charge in [0.15, 0.2) is 0 Å². The van der Waals surface area contributed by atoms with Gasteiger partial charge in [0.25, 0.3) is 9.84 Å². The van der Waals surface area contributed by atoms with Crippen LogP contribution in [-0.4, -0.2) is 31.7 Å². The van der Waals surface area contributed by atoms with Crippen LogP contribution >= 0.6 is 0 Å². The number of aliphatic hydroxyl groups is 1. The molecular weight excluding hydrogens is 295 g/mol. The second kappa shape index (κ2) is 6.45. The van der Waals surface area contributed by atoms with Crippen molar-refractivity contribution < 1.29 is 26.7 Å². The van der Waals surface area contributed by atoms with Gasteiger partial charge in [0.1, 0.15) is 0 Å². The monoisotopic (exact) mass is 311 g/mol. The number of alkyl halides is 3. The van der Waals surface area contributed by atoms with E-state index in [0.29, 0.717) is 12.8 Å². The number of halogens is 3. The molecule has 0 saturated heterocycles. The highest BCUT2D eigenvalue weighted by atomic mass is 32.2. The van der Waals surface area contributed by atoms with Crippen molar-refractivity contribution in [1.29, 1.82) is 0 Å². The van der Waals surface area contributed by atoms with Crippen LogP contribution in [0.5, 0.6) is 0 Å². The Labute approximate surface area is 115 Å². The van der Waals surface area contributed by atoms with Crippen LogP contribution in [0.1, 0.15) is 19.8 Å². The molecule has 0 spiro atoms. The molecule has 0 aliphatic heterocycles. The lowest BCUT2D eigenvalue weighted by Crippen LogP contribution is -2.25. The minimum absolute atomic E-state index is 0.0156. The fourth-order valence-corrected chi connectivity index (χ4v) is 2.57. The van der Waals surface area contributed by atoms with Gasteiger partial charge in [-0.1, -0.05) is 25.5 Å². The number of sulfone groups is 1. The Morgan fingerprint density at radius 1 is 1.30 bits per heavy atom. The third-order valence-electron chi connectivity index (χ3n) is 2.63. The summed E-state index contributed by atoms with van der Waals surface area (Å²) in [6.45, 7) is 1.84. The van der Waals surface area contributed by atoms with E-state index in [2.05, 4.69) is 5.32 Å². The van der Waals surface area contributed by atoms with Crippen LogP contribution in [0.2, 0.25) is 0 Å². The predicted octanol–water partition coefficient (Wildman–Crippen LogP) is 2.55. The summed E-state index contributed by atoms with van der Waals surface area (Å²) in [5.74, 6) is 0. The molecule has 0 aromatic heterocycles. The van der Waals surface area contributed by atoms with Gasteiger partial charge in [-0.05, 0) is 18.6 Å². The first kappa shape index (κ1) is 16.8. The average molecular weight is 311 g/mol. The molecular formula is C12H16F3NO3S. The molecule has 0 aliphatic rings. The van der Waals surface area contributed by atoms with Crippen LogP contribution in [0, 0.1) is 0 Å². The number of aliphatic hydroxyl groups excluding tert-OH is 1. The maximum atomic E-state index is 12.6. The van der Waals surface area contributed by atoms with Gasteiger partial charge in [0.05, 0.1) is 16.7 Å². The van der Waals surface area contributed by atoms with Gasteiger partial charge < -0.3 is 10.4 Å². The third-order valence-corrected chi connectivity index (χ3v) is 4.18. The van der Waals surface area contributed by atoms with Crippen molar-refractivity contribution in [3.05, 3.63) is 24.3 Å². The first-order chi connectivity index (χ1) is 9.20. The van der Waals surface area contributed by atoms with Gasteiger partial charge in [-0.15, -0.1) is 0 Å². The number of benzene rings is 1. The lowest BCUT2D eigenvalue weighted by Gasteiger charge is -2.16. The topological polar surface area (TPSA) is 66.4 Å². The van der Waals surface area contributed by atoms with Crippen molar-refractivity contribution in [1.82, 2.24) is 0 Å². The lowest BCUT2D eigenvalue weighted by atomic mass is 10.2. The Balaban J connectivity index is 3.01. The van der Waals surface area contributed by atoms with Gasteiger partial charge in [-0.3, -0.25) is 0 Å². The van der Waals surface area contributed by atoms with E-state index < -0.39 is 26.3 Å². The average Bonchev–Trinajstić information content (AvgIpc) is 2.35. The van der Waals surface area contributed by atoms with Crippen LogP contribution in [0.15, 0.2) is 29.2 Å². The molecule has 0 bridgehead atoms. The second-order valence-corrected chi connectivity index (χ2v) is 6.18. The molecule has 8 heteroatoms. The van der Waals surface area contributed by atoms with Crippen molar-refractivity contribution in [2.75, 3.05) is 11.9 Å². The minimum Gasteiger partial charge on any atom is -0.391 e. The molecule has 0 aliphatic carbocycles. The SMILES string of the molecule is CCCC(O)CNc1ccccc1S(=O)(=O)C(F)(F)F. The zero-order valence-electron chi connectivity index (χ0n) is 10.8. The number of rotatable bonds is 6. The summed E-state index contributed by atoms with van der Waals surface area (Å²) in [5.41, 5.74) is -5.52. The van der Waals surface area contributed by atoms with Crippen LogP contribution < -0.4 is 5.32 Å². The lowest BCUT2D eigenvalue weighted by molar-refractivity contribution is -0.0435. The first-order valence-electron chi connectivity index (χ1n) is 6.02. The molecule has 20 heavy (non-hydrogen) atoms. The largest absolute Gasteiger partial charge is 0.501 e. The van der Waals surface area contributed by atoms with E-state index in [-0.39, 0.29) is 12.2 Å². The Hall–Kier alpha value is -1.28. The van der Waals surface area contributed by atoms with E-state index in [1.807, 2.05) is 6.92 Å². The molecule has 114 valence electrons. The molecule has 1 aromatic rings. The van der Waals surface area contributed by atoms with Crippen LogP contribution in [0.3, 0.4) is 0 Å². The molecule has 4 nitrogen and oxygen atoms in total. The normalized spacial score (nSPS) is 14.1. The molecule has 0 radical (unpaired) electrons. The highest BCUT2D eigenvalue weighted by molar-refractivity contribution is 7.92. The molecule has 0 heterocycles. The molecule has 0 amide bonds. The highest BCUT2D eigenvalue weighted by Gasteiger charge is 2.47. The summed E-state index contributed by atoms with van der Waals surface area (Å²) in [4.78, 5) is -0.837. The maximum absolute atomic E-state index is 12.6. The van der Waals surface area contributed by atoms with Crippen molar-refractivity contribution in [3.63, 3.8) is 0 Å². The Kier molecular flexibility index (Phi) is 5.41. The molecule has 2 N–H and O–H groups in total. The molecule has 1 aromatic carbocycles. The number of nitrogens with one attached hydrogen (secondary N) is 1. The summed E-state index contributed by atoms with van der Waals surface area (Å²) < 4.78 is 60.5. The number of anilines is 1. The van der Waals surface area contributed by atoms with E-state index in [9.17, 15) is 26.7 Å². The van der Waals surface area contributed by atoms with E-state index in [1.54, 1.807) is 0 Å². The van der Waals surface area contributed by atoms with E-state index in [0.717, 1.165) is 6.07 Å². The number of para-hydroxylation sites is 1. The Morgan fingerprint density at radius 2 is 1.90 bits per heavy atom. The quantitative estimate of drug-likeness (QED) is 0.847. The van der Waals surface area contributed by atoms with Gasteiger partial charge in [0, 0.05) is 6.54 Å². The predicted molar refractivity (Wildman–Crippen MR) is 69.1 cm³/mol. The van der Waals surface area contributed by atoms with Gasteiger partial charge in [-0.25, -0.2) is 8.42 Å². The van der Waals surface area contributed by atoms with Gasteiger partial charge in [0.2, 0.25) is 0 Å². The van der Waals surface area contributed by atoms with Crippen molar-refractivity contribution >= 4 is 15.5 Å². The van der Waals surface area contributed by atoms with Gasteiger partial charge >= 0.3 is 5.51 Å². The van der Waals surface area contributed by atoms with Crippen LogP contribution in [0.4, 0.5) is 18.9 Å². The van der Waals surface area contributed by atoms with Crippen molar-refractivity contribution in [2.45, 2.75) is 36.3 Å². The minimum atomic E-state index is -5.41. The number of hydrogen-bond donors (Lipinski definition) is 2. The summed E-state index contributed by atoms with van der Waals surface area (Å²) in [6, 6.07) is 4.75. The Bertz CT molecular complexity index is 543. The summed E-state index contributed by atoms with van der Waals surface area (Å²) in [5, 5.41) is 12.1. The fraction of sp³-hybridized carbons (Fsp3) is 0.500. The van der Waals surface area contributed by atoms with E-state index >= 15 is 0 Å². The standard InChI is InChI=1S/C12H16F3NO3S/c1-2-5-9(17)8-16-10-6-3-4-7-11(10)20(18,19)12(13,14)15/h3-4,6-7,9,16-17H,2,5,8H2,1H3. The third kappa shape index (κ3) is 3.86. The van der Waals surface area contributed by atoms with Crippen molar-refractivity contribution in [3.8, 4) is 0 Å². The second-order valence-electron chi connectivity index (χ2n) is 4.27. The molecule has 1 unspecified atom stereocenters. The zero-order chi connectivity index (χ0) is 15.4. The zero-order valence-corrected chi connectivity index (χ0v) is 11.6. The fourth-order valence-electron chi connectivity index (χ4n) is 1.63. The van der Waals surface area contributed by atoms with Crippen LogP contribution in [0.25, 0.3) is 0 Å². The summed E-state index contributed by atoms with van der Waals surface area (Å²) >= 11 is 0. The smallest absolute Gasteiger partial charge is 0.391 e. The molecule has 0 saturated carbocycles. The van der Waals surface area contributed by atoms with E-state index in [4.69, 9.17) is 0 Å². The van der Waals surface area contributed by atoms with Gasteiger partial charge in [-0.2, -0.15) is 13.2 Å². The van der Waals surface area contributed by atoms with Crippen molar-refractivity contribution in [2.24, 2.45) is 0 Å². The molecule has 1 atom stereocenters. The van der Waals surface area contributed by atoms with E-state index in [1.165, 1.54) is 18.2 Å². The number of hydrogen-bond acceptors (Lipinski definition) is 4. The molecule has 1 rings (SSSR count). The summed E-state index contributed by atoms with van der Waals surface area (Å²) in [6.07, 6.45) is 0.439. The maximum Gasteiger partial charge on any atom is 0.501 e. The Morgan fingerprint density at radius 3 is 2.45 bits per heavy atom.